The van der Waals surface area contributed by atoms with Crippen LogP contribution >= 0.6 is 0 Å². The minimum Gasteiger partial charge on any atom is -0.478 e. The van der Waals surface area contributed by atoms with E-state index in [0.29, 0.717) is 18.7 Å². The zero-order chi connectivity index (χ0) is 13.7. The van der Waals surface area contributed by atoms with Gasteiger partial charge in [0, 0.05) is 19.8 Å². The van der Waals surface area contributed by atoms with Crippen LogP contribution in [0.1, 0.15) is 30.1 Å². The quantitative estimate of drug-likeness (QED) is 0.772. The molecule has 0 aliphatic rings. The van der Waals surface area contributed by atoms with Crippen molar-refractivity contribution in [3.8, 4) is 0 Å². The van der Waals surface area contributed by atoms with Crippen LogP contribution < -0.4 is 0 Å². The lowest BCUT2D eigenvalue weighted by Crippen LogP contribution is -2.05. The number of fused-ring (bicyclic) bond motifs is 1. The first-order valence-corrected chi connectivity index (χ1v) is 6.36. The van der Waals surface area contributed by atoms with Gasteiger partial charge in [-0.25, -0.2) is 9.48 Å². The van der Waals surface area contributed by atoms with Crippen molar-refractivity contribution in [1.29, 1.82) is 0 Å². The molecular weight excluding hydrogens is 246 g/mol. The highest BCUT2D eigenvalue weighted by Crippen LogP contribution is 2.14. The number of aromatic carboxylic acids is 1. The zero-order valence-electron chi connectivity index (χ0n) is 10.9. The van der Waals surface area contributed by atoms with Crippen LogP contribution in [0.3, 0.4) is 0 Å². The van der Waals surface area contributed by atoms with Gasteiger partial charge in [-0.05, 0) is 31.0 Å². The van der Waals surface area contributed by atoms with Crippen molar-refractivity contribution in [2.24, 2.45) is 0 Å². The highest BCUT2D eigenvalue weighted by atomic mass is 16.5. The Balaban J connectivity index is 2.06. The number of carboxylic acids is 1. The molecule has 0 unspecified atom stereocenters. The standard InChI is InChI=1S/C13H17N3O3/c1-2-7-19-8-3-6-16-12-9-10(13(17)18)4-5-11(12)14-15-16/h4-5,9H,2-3,6-8H2,1H3,(H,17,18). The summed E-state index contributed by atoms with van der Waals surface area (Å²) in [6.07, 6.45) is 1.84. The third-order valence-corrected chi connectivity index (χ3v) is 2.77. The maximum absolute atomic E-state index is 10.9. The second kappa shape index (κ2) is 6.29. The van der Waals surface area contributed by atoms with Crippen LogP contribution in [-0.2, 0) is 11.3 Å². The number of benzene rings is 1. The summed E-state index contributed by atoms with van der Waals surface area (Å²) in [6, 6.07) is 4.81. The molecule has 0 saturated heterocycles. The van der Waals surface area contributed by atoms with Crippen LogP contribution in [0.25, 0.3) is 11.0 Å². The molecule has 0 bridgehead atoms. The van der Waals surface area contributed by atoms with E-state index in [2.05, 4.69) is 17.2 Å². The number of aryl methyl sites for hydroxylation is 1. The van der Waals surface area contributed by atoms with Crippen LogP contribution in [0.4, 0.5) is 0 Å². The van der Waals surface area contributed by atoms with Crippen molar-refractivity contribution in [3.63, 3.8) is 0 Å². The Kier molecular flexibility index (Phi) is 4.46. The topological polar surface area (TPSA) is 77.2 Å². The molecule has 1 aromatic heterocycles. The Labute approximate surface area is 111 Å². The third kappa shape index (κ3) is 3.29. The average molecular weight is 263 g/mol. The highest BCUT2D eigenvalue weighted by Gasteiger charge is 2.08. The Morgan fingerprint density at radius 2 is 2.26 bits per heavy atom. The first kappa shape index (κ1) is 13.5. The van der Waals surface area contributed by atoms with Gasteiger partial charge in [-0.3, -0.25) is 0 Å². The van der Waals surface area contributed by atoms with Crippen molar-refractivity contribution in [3.05, 3.63) is 23.8 Å². The summed E-state index contributed by atoms with van der Waals surface area (Å²) in [5, 5.41) is 17.0. The average Bonchev–Trinajstić information content (AvgIpc) is 2.81. The maximum Gasteiger partial charge on any atom is 0.335 e. The summed E-state index contributed by atoms with van der Waals surface area (Å²) >= 11 is 0. The van der Waals surface area contributed by atoms with Gasteiger partial charge in [0.15, 0.2) is 0 Å². The SMILES string of the molecule is CCCOCCCn1nnc2ccc(C(=O)O)cc21. The number of carbonyl (C=O) groups is 1. The first-order chi connectivity index (χ1) is 9.22. The molecule has 0 radical (unpaired) electrons. The maximum atomic E-state index is 10.9. The van der Waals surface area contributed by atoms with Gasteiger partial charge in [0.2, 0.25) is 0 Å². The third-order valence-electron chi connectivity index (χ3n) is 2.77. The number of nitrogens with zero attached hydrogens (tertiary/aromatic N) is 3. The van der Waals surface area contributed by atoms with E-state index in [0.717, 1.165) is 25.0 Å². The molecule has 1 N–H and O–H groups in total. The van der Waals surface area contributed by atoms with Crippen LogP contribution in [0.15, 0.2) is 18.2 Å². The minimum atomic E-state index is -0.944. The van der Waals surface area contributed by atoms with Crippen molar-refractivity contribution in [1.82, 2.24) is 15.0 Å². The fourth-order valence-electron chi connectivity index (χ4n) is 1.83. The van der Waals surface area contributed by atoms with Crippen LogP contribution in [0.2, 0.25) is 0 Å². The van der Waals surface area contributed by atoms with Gasteiger partial charge in [-0.15, -0.1) is 5.10 Å². The molecule has 19 heavy (non-hydrogen) atoms. The minimum absolute atomic E-state index is 0.248. The van der Waals surface area contributed by atoms with Crippen LogP contribution in [0, 0.1) is 0 Å². The first-order valence-electron chi connectivity index (χ1n) is 6.36. The number of carboxylic acid groups (broad SMARTS) is 1. The Morgan fingerprint density at radius 1 is 1.42 bits per heavy atom. The molecule has 6 heteroatoms. The number of hydrogen-bond donors (Lipinski definition) is 1. The molecule has 2 aromatic rings. The lowest BCUT2D eigenvalue weighted by Gasteiger charge is -2.04. The second-order valence-electron chi connectivity index (χ2n) is 4.29. The lowest BCUT2D eigenvalue weighted by molar-refractivity contribution is 0.0697. The number of aromatic nitrogens is 3. The zero-order valence-corrected chi connectivity index (χ0v) is 10.9. The number of rotatable bonds is 7. The molecule has 0 atom stereocenters. The fraction of sp³-hybridized carbons (Fsp3) is 0.462. The summed E-state index contributed by atoms with van der Waals surface area (Å²) in [7, 11) is 0. The summed E-state index contributed by atoms with van der Waals surface area (Å²) in [4.78, 5) is 10.9. The molecule has 102 valence electrons. The summed E-state index contributed by atoms with van der Waals surface area (Å²) in [6.45, 7) is 4.18. The molecule has 6 nitrogen and oxygen atoms in total. The van der Waals surface area contributed by atoms with Crippen LogP contribution in [-0.4, -0.2) is 39.3 Å². The van der Waals surface area contributed by atoms with E-state index < -0.39 is 5.97 Å². The smallest absolute Gasteiger partial charge is 0.335 e. The normalized spacial score (nSPS) is 11.0. The summed E-state index contributed by atoms with van der Waals surface area (Å²) in [5.41, 5.74) is 1.70. The molecular formula is C13H17N3O3. The molecule has 0 aliphatic heterocycles. The molecule has 1 heterocycles. The Morgan fingerprint density at radius 3 is 3.00 bits per heavy atom. The Hall–Kier alpha value is -1.95. The van der Waals surface area contributed by atoms with Gasteiger partial charge >= 0.3 is 5.97 Å². The van der Waals surface area contributed by atoms with E-state index in [1.165, 1.54) is 6.07 Å². The van der Waals surface area contributed by atoms with Crippen molar-refractivity contribution in [2.75, 3.05) is 13.2 Å². The van der Waals surface area contributed by atoms with Crippen molar-refractivity contribution >= 4 is 17.0 Å². The molecule has 0 spiro atoms. The molecule has 0 aliphatic carbocycles. The van der Waals surface area contributed by atoms with E-state index in [1.54, 1.807) is 16.8 Å². The van der Waals surface area contributed by atoms with Gasteiger partial charge in [-0.1, -0.05) is 12.1 Å². The molecule has 2 rings (SSSR count). The molecule has 0 fully saturated rings. The van der Waals surface area contributed by atoms with Gasteiger partial charge in [0.1, 0.15) is 5.52 Å². The molecule has 1 aromatic carbocycles. The summed E-state index contributed by atoms with van der Waals surface area (Å²) < 4.78 is 7.12. The molecule has 0 saturated carbocycles. The number of hydrogen-bond acceptors (Lipinski definition) is 4. The van der Waals surface area contributed by atoms with Gasteiger partial charge in [0.25, 0.3) is 0 Å². The van der Waals surface area contributed by atoms with Crippen molar-refractivity contribution in [2.45, 2.75) is 26.3 Å². The van der Waals surface area contributed by atoms with Crippen LogP contribution in [0.5, 0.6) is 0 Å². The predicted molar refractivity (Wildman–Crippen MR) is 70.2 cm³/mol. The monoisotopic (exact) mass is 263 g/mol. The van der Waals surface area contributed by atoms with E-state index in [9.17, 15) is 4.79 Å². The molecule has 0 amide bonds. The summed E-state index contributed by atoms with van der Waals surface area (Å²) in [5.74, 6) is -0.944. The van der Waals surface area contributed by atoms with Gasteiger partial charge < -0.3 is 9.84 Å². The van der Waals surface area contributed by atoms with Crippen molar-refractivity contribution < 1.29 is 14.6 Å². The lowest BCUT2D eigenvalue weighted by atomic mass is 10.2. The Bertz CT molecular complexity index is 565. The van der Waals surface area contributed by atoms with Gasteiger partial charge in [-0.2, -0.15) is 0 Å². The second-order valence-corrected chi connectivity index (χ2v) is 4.29. The fourth-order valence-corrected chi connectivity index (χ4v) is 1.83. The van der Waals surface area contributed by atoms with E-state index in [-0.39, 0.29) is 5.56 Å². The van der Waals surface area contributed by atoms with E-state index in [1.807, 2.05) is 0 Å². The predicted octanol–water partition coefficient (Wildman–Crippen LogP) is 1.95. The van der Waals surface area contributed by atoms with E-state index in [4.69, 9.17) is 9.84 Å². The highest BCUT2D eigenvalue weighted by molar-refractivity contribution is 5.92. The number of ether oxygens (including phenoxy) is 1. The van der Waals surface area contributed by atoms with Gasteiger partial charge in [0.05, 0.1) is 11.1 Å². The van der Waals surface area contributed by atoms with E-state index >= 15 is 0 Å². The largest absolute Gasteiger partial charge is 0.478 e.